The molecule has 28 heavy (non-hydrogen) atoms. The number of esters is 1. The highest BCUT2D eigenvalue weighted by Crippen LogP contribution is 2.67. The monoisotopic (exact) mass is 392 g/mol. The first kappa shape index (κ1) is 19.6. The van der Waals surface area contributed by atoms with E-state index in [0.29, 0.717) is 12.0 Å². The van der Waals surface area contributed by atoms with Crippen molar-refractivity contribution in [3.8, 4) is 0 Å². The van der Waals surface area contributed by atoms with Gasteiger partial charge in [0.25, 0.3) is 0 Å². The minimum atomic E-state index is -1.54. The molecule has 1 saturated heterocycles. The van der Waals surface area contributed by atoms with Crippen LogP contribution in [0.5, 0.6) is 0 Å². The minimum absolute atomic E-state index is 0.130. The van der Waals surface area contributed by atoms with E-state index in [-0.39, 0.29) is 29.9 Å². The van der Waals surface area contributed by atoms with Crippen molar-refractivity contribution in [3.63, 3.8) is 0 Å². The normalized spacial score (nSPS) is 50.7. The maximum Gasteiger partial charge on any atom is 0.306 e. The summed E-state index contributed by atoms with van der Waals surface area (Å²) in [5, 5.41) is 20.9. The zero-order chi connectivity index (χ0) is 20.8. The molecule has 0 aromatic heterocycles. The lowest BCUT2D eigenvalue weighted by Crippen LogP contribution is -2.72. The summed E-state index contributed by atoms with van der Waals surface area (Å²) < 4.78 is 11.2. The molecule has 0 bridgehead atoms. The van der Waals surface area contributed by atoms with E-state index in [0.717, 1.165) is 0 Å². The number of carbonyl (C=O) groups is 3. The van der Waals surface area contributed by atoms with Crippen LogP contribution in [0.3, 0.4) is 0 Å². The van der Waals surface area contributed by atoms with Gasteiger partial charge >= 0.3 is 5.97 Å². The van der Waals surface area contributed by atoms with E-state index in [1.165, 1.54) is 7.11 Å². The Morgan fingerprint density at radius 1 is 1.18 bits per heavy atom. The van der Waals surface area contributed by atoms with E-state index >= 15 is 0 Å². The van der Waals surface area contributed by atoms with E-state index < -0.39 is 52.7 Å². The molecule has 0 spiro atoms. The predicted molar refractivity (Wildman–Crippen MR) is 96.7 cm³/mol. The van der Waals surface area contributed by atoms with Gasteiger partial charge in [0.05, 0.1) is 19.6 Å². The van der Waals surface area contributed by atoms with Crippen LogP contribution in [0.2, 0.25) is 0 Å². The summed E-state index contributed by atoms with van der Waals surface area (Å²) >= 11 is 0. The lowest BCUT2D eigenvalue weighted by molar-refractivity contribution is -0.232. The summed E-state index contributed by atoms with van der Waals surface area (Å²) in [6, 6.07) is 0. The molecule has 154 valence electrons. The number of ether oxygens (including phenoxy) is 2. The number of aliphatic hydroxyl groups is 2. The maximum absolute atomic E-state index is 13.6. The Hall–Kier alpha value is -1.73. The van der Waals surface area contributed by atoms with Gasteiger partial charge in [0.2, 0.25) is 5.78 Å². The molecule has 1 heterocycles. The Kier molecular flexibility index (Phi) is 4.12. The van der Waals surface area contributed by atoms with Crippen LogP contribution in [-0.2, 0) is 23.9 Å². The first-order valence-corrected chi connectivity index (χ1v) is 9.90. The van der Waals surface area contributed by atoms with E-state index in [1.54, 1.807) is 20.8 Å². The molecule has 3 aliphatic carbocycles. The number of fused-ring (bicyclic) bond motifs is 2. The summed E-state index contributed by atoms with van der Waals surface area (Å²) in [6.45, 7) is 7.23. The highest BCUT2D eigenvalue weighted by atomic mass is 16.5. The fourth-order valence-electron chi connectivity index (χ4n) is 6.97. The quantitative estimate of drug-likeness (QED) is 0.641. The molecular formula is C21H28O7. The van der Waals surface area contributed by atoms with Crippen molar-refractivity contribution < 1.29 is 34.1 Å². The second-order valence-electron chi connectivity index (χ2n) is 9.40. The fourth-order valence-corrected chi connectivity index (χ4v) is 6.97. The Balaban J connectivity index is 1.98. The average Bonchev–Trinajstić information content (AvgIpc) is 2.64. The number of hydrogen-bond acceptors (Lipinski definition) is 7. The summed E-state index contributed by atoms with van der Waals surface area (Å²) in [5.41, 5.74) is -1.22. The number of allylic oxidation sites excluding steroid dienone is 2. The van der Waals surface area contributed by atoms with Gasteiger partial charge in [-0.1, -0.05) is 20.8 Å². The summed E-state index contributed by atoms with van der Waals surface area (Å²) in [6.07, 6.45) is -2.76. The number of ketones is 2. The van der Waals surface area contributed by atoms with Crippen LogP contribution in [0, 0.1) is 34.5 Å². The molecule has 2 N–H and O–H groups in total. The number of rotatable bonds is 1. The lowest BCUT2D eigenvalue weighted by Gasteiger charge is -2.65. The SMILES string of the molecule is COC1=C(C)[C@@H]2CC(=O)O[C@@H]3C[C@H]4[C@H](C)[C@@H](O)[C@H](O)C(=O)[C@]4(C)[C@@H](C1=O)[C@@]32C. The number of carbonyl (C=O) groups excluding carboxylic acids is 3. The third-order valence-corrected chi connectivity index (χ3v) is 8.42. The van der Waals surface area contributed by atoms with Gasteiger partial charge in [-0.05, 0) is 30.8 Å². The molecule has 9 atom stereocenters. The number of Topliss-reactive ketones (excluding diaryl/α,β-unsaturated/α-hetero) is 2. The predicted octanol–water partition coefficient (Wildman–Crippen LogP) is 1.01. The molecule has 0 aromatic carbocycles. The number of hydrogen-bond donors (Lipinski definition) is 2. The molecule has 4 aliphatic rings. The second kappa shape index (κ2) is 5.89. The molecule has 0 aromatic rings. The molecule has 1 aliphatic heterocycles. The van der Waals surface area contributed by atoms with Crippen molar-refractivity contribution in [1.29, 1.82) is 0 Å². The molecule has 0 unspecified atom stereocenters. The zero-order valence-electron chi connectivity index (χ0n) is 16.9. The van der Waals surface area contributed by atoms with E-state index in [1.807, 2.05) is 6.92 Å². The van der Waals surface area contributed by atoms with Crippen LogP contribution in [0.15, 0.2) is 11.3 Å². The second-order valence-corrected chi connectivity index (χ2v) is 9.40. The van der Waals surface area contributed by atoms with Crippen LogP contribution >= 0.6 is 0 Å². The molecular weight excluding hydrogens is 364 g/mol. The van der Waals surface area contributed by atoms with Crippen molar-refractivity contribution in [2.75, 3.05) is 7.11 Å². The van der Waals surface area contributed by atoms with Gasteiger partial charge in [0, 0.05) is 22.7 Å². The Labute approximate surface area is 164 Å². The van der Waals surface area contributed by atoms with E-state index in [4.69, 9.17) is 9.47 Å². The van der Waals surface area contributed by atoms with Gasteiger partial charge in [-0.15, -0.1) is 0 Å². The molecule has 3 fully saturated rings. The fraction of sp³-hybridized carbons (Fsp3) is 0.762. The highest BCUT2D eigenvalue weighted by molar-refractivity contribution is 6.04. The van der Waals surface area contributed by atoms with E-state index in [2.05, 4.69) is 0 Å². The molecule has 7 nitrogen and oxygen atoms in total. The Bertz CT molecular complexity index is 801. The first-order valence-electron chi connectivity index (χ1n) is 9.90. The van der Waals surface area contributed by atoms with Crippen molar-refractivity contribution in [2.45, 2.75) is 58.8 Å². The topological polar surface area (TPSA) is 110 Å². The van der Waals surface area contributed by atoms with Gasteiger partial charge in [0.1, 0.15) is 12.2 Å². The van der Waals surface area contributed by atoms with Crippen LogP contribution in [0.1, 0.15) is 40.5 Å². The van der Waals surface area contributed by atoms with Gasteiger partial charge in [-0.25, -0.2) is 0 Å². The molecule has 7 heteroatoms. The zero-order valence-corrected chi connectivity index (χ0v) is 16.9. The minimum Gasteiger partial charge on any atom is -0.493 e. The standard InChI is InChI=1S/C21H28O7/c1-8-10-6-12-20(3)11(7-13(22)28-12)9(2)17(27-5)16(25)18(20)21(10,4)19(26)15(24)14(8)23/h8,10-12,14-15,18,23-24H,6-7H2,1-5H3/t8-,10-,11-,12+,14+,15-,18-,20+,21-/m0/s1. The third-order valence-electron chi connectivity index (χ3n) is 8.42. The van der Waals surface area contributed by atoms with Crippen molar-refractivity contribution >= 4 is 17.5 Å². The van der Waals surface area contributed by atoms with Gasteiger partial charge < -0.3 is 19.7 Å². The summed E-state index contributed by atoms with van der Waals surface area (Å²) in [5.74, 6) is -2.80. The Morgan fingerprint density at radius 3 is 2.43 bits per heavy atom. The van der Waals surface area contributed by atoms with Crippen molar-refractivity contribution in [1.82, 2.24) is 0 Å². The maximum atomic E-state index is 13.6. The number of methoxy groups -OCH3 is 1. The number of aliphatic hydroxyl groups excluding tert-OH is 2. The molecule has 2 saturated carbocycles. The van der Waals surface area contributed by atoms with Gasteiger partial charge in [0.15, 0.2) is 11.5 Å². The smallest absolute Gasteiger partial charge is 0.306 e. The average molecular weight is 392 g/mol. The van der Waals surface area contributed by atoms with Crippen molar-refractivity contribution in [3.05, 3.63) is 11.3 Å². The Morgan fingerprint density at radius 2 is 1.82 bits per heavy atom. The van der Waals surface area contributed by atoms with Crippen LogP contribution < -0.4 is 0 Å². The van der Waals surface area contributed by atoms with Crippen LogP contribution in [-0.4, -0.2) is 53.2 Å². The largest absolute Gasteiger partial charge is 0.493 e. The molecule has 0 amide bonds. The van der Waals surface area contributed by atoms with Crippen LogP contribution in [0.4, 0.5) is 0 Å². The van der Waals surface area contributed by atoms with Crippen molar-refractivity contribution in [2.24, 2.45) is 34.5 Å². The van der Waals surface area contributed by atoms with Gasteiger partial charge in [-0.3, -0.25) is 14.4 Å². The third kappa shape index (κ3) is 2.04. The highest BCUT2D eigenvalue weighted by Gasteiger charge is 2.73. The van der Waals surface area contributed by atoms with E-state index in [9.17, 15) is 24.6 Å². The first-order chi connectivity index (χ1) is 13.0. The summed E-state index contributed by atoms with van der Waals surface area (Å²) in [7, 11) is 1.42. The molecule has 0 radical (unpaired) electrons. The summed E-state index contributed by atoms with van der Waals surface area (Å²) in [4.78, 5) is 39.3. The van der Waals surface area contributed by atoms with Crippen LogP contribution in [0.25, 0.3) is 0 Å². The molecule has 4 rings (SSSR count). The lowest BCUT2D eigenvalue weighted by atomic mass is 9.39. The van der Waals surface area contributed by atoms with Gasteiger partial charge in [-0.2, -0.15) is 0 Å².